The molecule has 154 valence electrons. The number of carbonyl (C=O) groups excluding carboxylic acids is 2. The normalized spacial score (nSPS) is 34.5. The van der Waals surface area contributed by atoms with E-state index >= 15 is 0 Å². The van der Waals surface area contributed by atoms with Gasteiger partial charge in [-0.15, -0.1) is 0 Å². The summed E-state index contributed by atoms with van der Waals surface area (Å²) in [6.45, 7) is 5.80. The lowest BCUT2D eigenvalue weighted by Crippen LogP contribution is -2.71. The van der Waals surface area contributed by atoms with Gasteiger partial charge in [0.2, 0.25) is 5.91 Å². The van der Waals surface area contributed by atoms with Crippen LogP contribution in [-0.2, 0) is 14.3 Å². The van der Waals surface area contributed by atoms with Gasteiger partial charge in [0.25, 0.3) is 5.91 Å². The lowest BCUT2D eigenvalue weighted by Gasteiger charge is -2.54. The van der Waals surface area contributed by atoms with Crippen LogP contribution in [0.3, 0.4) is 0 Å². The summed E-state index contributed by atoms with van der Waals surface area (Å²) in [4.78, 5) is 40.1. The number of carbonyl (C=O) groups is 3. The number of primary amides is 1. The minimum absolute atomic E-state index is 0.251. The fourth-order valence-corrected chi connectivity index (χ4v) is 5.64. The lowest BCUT2D eigenvalue weighted by atomic mass is 9.64. The summed E-state index contributed by atoms with van der Waals surface area (Å²) in [7, 11) is 0. The molecule has 3 aliphatic rings. The zero-order valence-electron chi connectivity index (χ0n) is 16.6. The van der Waals surface area contributed by atoms with Gasteiger partial charge in [-0.2, -0.15) is 5.26 Å². The zero-order valence-corrected chi connectivity index (χ0v) is 16.6. The molecular weight excluding hydrogens is 364 g/mol. The second-order valence-corrected chi connectivity index (χ2v) is 9.01. The quantitative estimate of drug-likeness (QED) is 0.730. The Bertz CT molecular complexity index is 727. The van der Waals surface area contributed by atoms with E-state index in [1.54, 1.807) is 4.90 Å². The van der Waals surface area contributed by atoms with Crippen molar-refractivity contribution in [3.63, 3.8) is 0 Å². The number of piperidine rings is 1. The molecule has 2 heterocycles. The summed E-state index contributed by atoms with van der Waals surface area (Å²) >= 11 is 0. The summed E-state index contributed by atoms with van der Waals surface area (Å²) in [5, 5.41) is 19.5. The van der Waals surface area contributed by atoms with E-state index in [2.05, 4.69) is 6.07 Å². The molecule has 0 aromatic heterocycles. The Balaban J connectivity index is 2.02. The number of nitriles is 1. The van der Waals surface area contributed by atoms with Crippen molar-refractivity contribution < 1.29 is 24.2 Å². The van der Waals surface area contributed by atoms with Crippen LogP contribution in [0.2, 0.25) is 0 Å². The number of nitrogens with two attached hydrogens (primary N) is 1. The van der Waals surface area contributed by atoms with Crippen molar-refractivity contribution in [3.8, 4) is 6.07 Å². The molecule has 3 fully saturated rings. The molecule has 9 nitrogen and oxygen atoms in total. The fraction of sp³-hybridized carbons (Fsp3) is 0.789. The van der Waals surface area contributed by atoms with Crippen molar-refractivity contribution in [2.24, 2.45) is 17.1 Å². The number of fused-ring (bicyclic) bond motifs is 2. The molecule has 2 saturated heterocycles. The molecule has 0 spiro atoms. The minimum atomic E-state index is -1.27. The van der Waals surface area contributed by atoms with Gasteiger partial charge in [0.05, 0.1) is 18.2 Å². The molecule has 28 heavy (non-hydrogen) atoms. The highest BCUT2D eigenvalue weighted by Crippen LogP contribution is 2.58. The van der Waals surface area contributed by atoms with E-state index in [1.807, 2.05) is 20.8 Å². The van der Waals surface area contributed by atoms with Crippen molar-refractivity contribution in [3.05, 3.63) is 0 Å². The van der Waals surface area contributed by atoms with Crippen LogP contribution in [0.5, 0.6) is 0 Å². The van der Waals surface area contributed by atoms with Crippen LogP contribution in [0.1, 0.15) is 46.5 Å². The summed E-state index contributed by atoms with van der Waals surface area (Å²) in [5.41, 5.74) is 3.21. The van der Waals surface area contributed by atoms with Crippen LogP contribution in [0, 0.1) is 22.7 Å². The highest BCUT2D eigenvalue weighted by molar-refractivity contribution is 5.93. The molecule has 5 atom stereocenters. The average Bonchev–Trinajstić information content (AvgIpc) is 3.30. The van der Waals surface area contributed by atoms with Gasteiger partial charge >= 0.3 is 6.09 Å². The van der Waals surface area contributed by atoms with Crippen LogP contribution >= 0.6 is 0 Å². The SMILES string of the molecule is CC(C)(C)[C@]1(C(=O)N2CCC[C@H]2C#N)[C@H]2CC([C@H](OCC(N)=O)C2)N1C(=O)O. The standard InChI is InChI=1S/C19H28N4O5/c1-18(2,3)19(16(25)22-6-4-5-12(22)9-20)11-7-13(23(19)17(26)27)14(8-11)28-10-15(21)24/h11-14H,4-8,10H2,1-3H3,(H2,21,24)(H,26,27)/t11-,12-,13?,14+,19+/m0/s1. The van der Waals surface area contributed by atoms with E-state index in [4.69, 9.17) is 10.5 Å². The number of nitrogens with zero attached hydrogens (tertiary/aromatic N) is 3. The molecule has 3 rings (SSSR count). The maximum absolute atomic E-state index is 13.8. The maximum atomic E-state index is 13.8. The molecular formula is C19H28N4O5. The third-order valence-electron chi connectivity index (χ3n) is 6.55. The summed E-state index contributed by atoms with van der Waals surface area (Å²) < 4.78 is 5.58. The van der Waals surface area contributed by atoms with Gasteiger partial charge in [-0.1, -0.05) is 20.8 Å². The van der Waals surface area contributed by atoms with E-state index in [9.17, 15) is 24.8 Å². The molecule has 3 amide bonds. The Hall–Kier alpha value is -2.34. The first-order valence-electron chi connectivity index (χ1n) is 9.68. The van der Waals surface area contributed by atoms with E-state index in [0.29, 0.717) is 25.8 Å². The monoisotopic (exact) mass is 392 g/mol. The van der Waals surface area contributed by atoms with Crippen LogP contribution in [-0.4, -0.2) is 69.7 Å². The van der Waals surface area contributed by atoms with Crippen molar-refractivity contribution in [1.82, 2.24) is 9.80 Å². The molecule has 0 radical (unpaired) electrons. The molecule has 1 unspecified atom stereocenters. The Kier molecular flexibility index (Phi) is 5.04. The lowest BCUT2D eigenvalue weighted by molar-refractivity contribution is -0.162. The van der Waals surface area contributed by atoms with Gasteiger partial charge in [0.1, 0.15) is 18.2 Å². The first kappa shape index (κ1) is 20.4. The van der Waals surface area contributed by atoms with Gasteiger partial charge in [0, 0.05) is 6.54 Å². The molecule has 2 aliphatic heterocycles. The Morgan fingerprint density at radius 3 is 2.54 bits per heavy atom. The van der Waals surface area contributed by atoms with Crippen LogP contribution < -0.4 is 5.73 Å². The topological polar surface area (TPSA) is 137 Å². The number of carboxylic acid groups (broad SMARTS) is 1. The van der Waals surface area contributed by atoms with Gasteiger partial charge in [0.15, 0.2) is 0 Å². The van der Waals surface area contributed by atoms with Crippen LogP contribution in [0.4, 0.5) is 4.79 Å². The molecule has 1 aliphatic carbocycles. The fourth-order valence-electron chi connectivity index (χ4n) is 5.64. The van der Waals surface area contributed by atoms with Gasteiger partial charge in [-0.25, -0.2) is 4.79 Å². The number of ether oxygens (including phenoxy) is 1. The highest BCUT2D eigenvalue weighted by Gasteiger charge is 2.71. The largest absolute Gasteiger partial charge is 0.465 e. The van der Waals surface area contributed by atoms with Crippen molar-refractivity contribution >= 4 is 17.9 Å². The predicted octanol–water partition coefficient (Wildman–Crippen LogP) is 0.929. The van der Waals surface area contributed by atoms with Crippen LogP contribution in [0.15, 0.2) is 0 Å². The van der Waals surface area contributed by atoms with E-state index in [-0.39, 0.29) is 18.4 Å². The molecule has 9 heteroatoms. The van der Waals surface area contributed by atoms with Gasteiger partial charge < -0.3 is 20.5 Å². The van der Waals surface area contributed by atoms with Gasteiger partial charge in [-0.3, -0.25) is 14.5 Å². The first-order chi connectivity index (χ1) is 13.1. The summed E-state index contributed by atoms with van der Waals surface area (Å²) in [6, 6.07) is 1.13. The molecule has 0 aromatic carbocycles. The number of rotatable bonds is 4. The van der Waals surface area contributed by atoms with Crippen molar-refractivity contribution in [2.75, 3.05) is 13.2 Å². The minimum Gasteiger partial charge on any atom is -0.465 e. The van der Waals surface area contributed by atoms with E-state index in [1.165, 1.54) is 4.90 Å². The molecule has 3 N–H and O–H groups in total. The predicted molar refractivity (Wildman–Crippen MR) is 97.8 cm³/mol. The van der Waals surface area contributed by atoms with E-state index < -0.39 is 41.1 Å². The maximum Gasteiger partial charge on any atom is 0.408 e. The molecule has 0 aromatic rings. The number of likely N-dealkylation sites (tertiary alicyclic amines) is 2. The Labute approximate surface area is 164 Å². The number of amides is 3. The van der Waals surface area contributed by atoms with Crippen molar-refractivity contribution in [2.45, 2.75) is 70.2 Å². The zero-order chi connectivity index (χ0) is 20.9. The molecule has 1 saturated carbocycles. The van der Waals surface area contributed by atoms with Gasteiger partial charge in [-0.05, 0) is 37.0 Å². The van der Waals surface area contributed by atoms with E-state index in [0.717, 1.165) is 6.42 Å². The smallest absolute Gasteiger partial charge is 0.408 e. The third-order valence-corrected chi connectivity index (χ3v) is 6.55. The summed E-state index contributed by atoms with van der Waals surface area (Å²) in [6.07, 6.45) is 0.654. The summed E-state index contributed by atoms with van der Waals surface area (Å²) in [5.74, 6) is -1.15. The molecule has 2 bridgehead atoms. The number of hydrogen-bond donors (Lipinski definition) is 2. The highest BCUT2D eigenvalue weighted by atomic mass is 16.5. The first-order valence-corrected chi connectivity index (χ1v) is 9.68. The Morgan fingerprint density at radius 1 is 1.32 bits per heavy atom. The number of hydrogen-bond acceptors (Lipinski definition) is 5. The second kappa shape index (κ2) is 6.92. The Morgan fingerprint density at radius 2 is 2.00 bits per heavy atom. The average molecular weight is 392 g/mol. The van der Waals surface area contributed by atoms with Crippen molar-refractivity contribution in [1.29, 1.82) is 5.26 Å². The third kappa shape index (κ3) is 2.82. The van der Waals surface area contributed by atoms with Crippen LogP contribution in [0.25, 0.3) is 0 Å². The second-order valence-electron chi connectivity index (χ2n) is 9.01.